The lowest BCUT2D eigenvalue weighted by atomic mass is 9.99. The summed E-state index contributed by atoms with van der Waals surface area (Å²) in [7, 11) is 2.10. The lowest BCUT2D eigenvalue weighted by Crippen LogP contribution is -2.60. The highest BCUT2D eigenvalue weighted by atomic mass is 16.3. The zero-order chi connectivity index (χ0) is 15.3. The molecule has 0 aromatic carbocycles. The average molecular weight is 285 g/mol. The molecule has 5 heteroatoms. The molecule has 1 aliphatic rings. The van der Waals surface area contributed by atoms with Crippen LogP contribution in [0.15, 0.2) is 0 Å². The van der Waals surface area contributed by atoms with E-state index >= 15 is 0 Å². The van der Waals surface area contributed by atoms with E-state index in [2.05, 4.69) is 36.0 Å². The molecule has 1 aliphatic heterocycles. The van der Waals surface area contributed by atoms with Crippen LogP contribution >= 0.6 is 0 Å². The Labute approximate surface area is 123 Å². The number of hydrogen-bond donors (Lipinski definition) is 2. The van der Waals surface area contributed by atoms with E-state index in [9.17, 15) is 9.90 Å². The highest BCUT2D eigenvalue weighted by molar-refractivity contribution is 5.85. The minimum Gasteiger partial charge on any atom is -0.391 e. The molecule has 5 nitrogen and oxygen atoms in total. The van der Waals surface area contributed by atoms with Crippen LogP contribution in [0.2, 0.25) is 0 Å². The quantitative estimate of drug-likeness (QED) is 0.748. The molecule has 2 N–H and O–H groups in total. The number of hydrogen-bond acceptors (Lipinski definition) is 4. The van der Waals surface area contributed by atoms with E-state index in [1.807, 2.05) is 13.8 Å². The van der Waals surface area contributed by atoms with Gasteiger partial charge in [0.25, 0.3) is 0 Å². The maximum Gasteiger partial charge on any atom is 0.240 e. The third kappa shape index (κ3) is 5.04. The first-order valence-electron chi connectivity index (χ1n) is 7.63. The highest BCUT2D eigenvalue weighted by Crippen LogP contribution is 2.17. The highest BCUT2D eigenvalue weighted by Gasteiger charge is 2.35. The summed E-state index contributed by atoms with van der Waals surface area (Å²) in [4.78, 5) is 16.9. The first kappa shape index (κ1) is 17.4. The van der Waals surface area contributed by atoms with Crippen molar-refractivity contribution in [2.24, 2.45) is 5.92 Å². The Morgan fingerprint density at radius 3 is 2.30 bits per heavy atom. The van der Waals surface area contributed by atoms with Crippen LogP contribution in [0, 0.1) is 5.92 Å². The monoisotopic (exact) mass is 285 g/mol. The molecule has 0 saturated carbocycles. The Hall–Kier alpha value is -0.650. The average Bonchev–Trinajstić information content (AvgIpc) is 2.35. The molecule has 1 rings (SSSR count). The Kier molecular flexibility index (Phi) is 6.43. The number of carbonyl (C=O) groups is 1. The number of nitrogens with one attached hydrogen (secondary N) is 1. The fraction of sp³-hybridized carbons (Fsp3) is 0.933. The van der Waals surface area contributed by atoms with Crippen LogP contribution in [0.4, 0.5) is 0 Å². The van der Waals surface area contributed by atoms with E-state index in [0.717, 1.165) is 32.6 Å². The Morgan fingerprint density at radius 1 is 1.25 bits per heavy atom. The number of aliphatic hydroxyl groups excluding tert-OH is 1. The number of piperazine rings is 1. The Morgan fingerprint density at radius 2 is 1.80 bits per heavy atom. The van der Waals surface area contributed by atoms with Gasteiger partial charge in [-0.15, -0.1) is 0 Å². The second-order valence-corrected chi connectivity index (χ2v) is 6.84. The van der Waals surface area contributed by atoms with E-state index < -0.39 is 11.6 Å². The van der Waals surface area contributed by atoms with Gasteiger partial charge in [-0.1, -0.05) is 13.8 Å². The lowest BCUT2D eigenvalue weighted by molar-refractivity contribution is -0.133. The van der Waals surface area contributed by atoms with Gasteiger partial charge >= 0.3 is 0 Å². The molecule has 118 valence electrons. The van der Waals surface area contributed by atoms with Crippen molar-refractivity contribution in [1.82, 2.24) is 15.1 Å². The van der Waals surface area contributed by atoms with Crippen molar-refractivity contribution in [2.75, 3.05) is 39.8 Å². The first-order valence-corrected chi connectivity index (χ1v) is 7.63. The minimum atomic E-state index is -0.515. The van der Waals surface area contributed by atoms with Gasteiger partial charge in [-0.25, -0.2) is 0 Å². The Bertz CT molecular complexity index is 310. The van der Waals surface area contributed by atoms with Gasteiger partial charge in [0, 0.05) is 32.7 Å². The number of carbonyl (C=O) groups excluding carboxylic acids is 1. The third-order valence-corrected chi connectivity index (χ3v) is 4.09. The van der Waals surface area contributed by atoms with Crippen molar-refractivity contribution >= 4 is 5.91 Å². The maximum absolute atomic E-state index is 12.4. The zero-order valence-electron chi connectivity index (χ0n) is 13.6. The summed E-state index contributed by atoms with van der Waals surface area (Å²) in [5.74, 6) is 0.442. The van der Waals surface area contributed by atoms with Crippen LogP contribution in [-0.4, -0.2) is 72.2 Å². The van der Waals surface area contributed by atoms with E-state index in [1.54, 1.807) is 0 Å². The maximum atomic E-state index is 12.4. The van der Waals surface area contributed by atoms with Crippen LogP contribution in [0.5, 0.6) is 0 Å². The van der Waals surface area contributed by atoms with Gasteiger partial charge in [0.1, 0.15) is 0 Å². The van der Waals surface area contributed by atoms with Gasteiger partial charge in [-0.05, 0) is 33.2 Å². The van der Waals surface area contributed by atoms with Gasteiger partial charge in [0.2, 0.25) is 5.91 Å². The van der Waals surface area contributed by atoms with Crippen LogP contribution < -0.4 is 5.32 Å². The largest absolute Gasteiger partial charge is 0.391 e. The Balaban J connectivity index is 2.44. The van der Waals surface area contributed by atoms with Crippen molar-refractivity contribution < 1.29 is 9.90 Å². The second kappa shape index (κ2) is 7.38. The molecule has 0 bridgehead atoms. The van der Waals surface area contributed by atoms with Crippen LogP contribution in [0.1, 0.15) is 34.1 Å². The molecule has 1 amide bonds. The topological polar surface area (TPSA) is 55.8 Å². The van der Waals surface area contributed by atoms with Crippen LogP contribution in [-0.2, 0) is 4.79 Å². The molecule has 0 radical (unpaired) electrons. The summed E-state index contributed by atoms with van der Waals surface area (Å²) in [6, 6.07) is 0. The summed E-state index contributed by atoms with van der Waals surface area (Å²) in [5.41, 5.74) is -0.515. The van der Waals surface area contributed by atoms with E-state index in [1.165, 1.54) is 0 Å². The standard InChI is InChI=1S/C15H31N3O2/c1-12(2)10-13(19)11-16-14(20)15(3,4)18-8-6-17(5)7-9-18/h12-13,19H,6-11H2,1-5H3,(H,16,20). The van der Waals surface area contributed by atoms with Gasteiger partial charge in [0.05, 0.1) is 11.6 Å². The molecule has 1 saturated heterocycles. The summed E-state index contributed by atoms with van der Waals surface area (Å²) in [6.45, 7) is 12.2. The van der Waals surface area contributed by atoms with Gasteiger partial charge in [0.15, 0.2) is 0 Å². The third-order valence-electron chi connectivity index (χ3n) is 4.09. The first-order chi connectivity index (χ1) is 9.23. The summed E-state index contributed by atoms with van der Waals surface area (Å²) in [5, 5.41) is 12.7. The predicted octanol–water partition coefficient (Wildman–Crippen LogP) is 0.536. The fourth-order valence-electron chi connectivity index (χ4n) is 2.56. The van der Waals surface area contributed by atoms with Gasteiger partial charge < -0.3 is 15.3 Å². The number of likely N-dealkylation sites (N-methyl/N-ethyl adjacent to an activating group) is 1. The number of nitrogens with zero attached hydrogens (tertiary/aromatic N) is 2. The second-order valence-electron chi connectivity index (χ2n) is 6.84. The minimum absolute atomic E-state index is 0.00450. The zero-order valence-corrected chi connectivity index (χ0v) is 13.6. The van der Waals surface area contributed by atoms with E-state index in [0.29, 0.717) is 12.5 Å². The summed E-state index contributed by atoms with van der Waals surface area (Å²) in [6.07, 6.45) is 0.261. The van der Waals surface area contributed by atoms with Gasteiger partial charge in [-0.2, -0.15) is 0 Å². The van der Waals surface area contributed by atoms with Crippen molar-refractivity contribution in [3.8, 4) is 0 Å². The van der Waals surface area contributed by atoms with E-state index in [4.69, 9.17) is 0 Å². The number of rotatable bonds is 6. The van der Waals surface area contributed by atoms with Crippen molar-refractivity contribution in [1.29, 1.82) is 0 Å². The molecule has 0 spiro atoms. The van der Waals surface area contributed by atoms with E-state index in [-0.39, 0.29) is 5.91 Å². The molecular weight excluding hydrogens is 254 g/mol. The molecule has 20 heavy (non-hydrogen) atoms. The van der Waals surface area contributed by atoms with Crippen molar-refractivity contribution in [2.45, 2.75) is 45.8 Å². The predicted molar refractivity (Wildman–Crippen MR) is 81.6 cm³/mol. The molecular formula is C15H31N3O2. The van der Waals surface area contributed by atoms with Crippen LogP contribution in [0.25, 0.3) is 0 Å². The fourth-order valence-corrected chi connectivity index (χ4v) is 2.56. The lowest BCUT2D eigenvalue weighted by Gasteiger charge is -2.42. The molecule has 1 heterocycles. The molecule has 0 aliphatic carbocycles. The molecule has 1 unspecified atom stereocenters. The van der Waals surface area contributed by atoms with Crippen molar-refractivity contribution in [3.63, 3.8) is 0 Å². The van der Waals surface area contributed by atoms with Gasteiger partial charge in [-0.3, -0.25) is 9.69 Å². The van der Waals surface area contributed by atoms with Crippen LogP contribution in [0.3, 0.4) is 0 Å². The molecule has 0 aromatic heterocycles. The van der Waals surface area contributed by atoms with Crippen molar-refractivity contribution in [3.05, 3.63) is 0 Å². The molecule has 1 atom stereocenters. The molecule has 0 aromatic rings. The summed E-state index contributed by atoms with van der Waals surface area (Å²) < 4.78 is 0. The normalized spacial score (nSPS) is 20.1. The smallest absolute Gasteiger partial charge is 0.240 e. The SMILES string of the molecule is CC(C)CC(O)CNC(=O)C(C)(C)N1CCN(C)CC1. The molecule has 1 fully saturated rings. The summed E-state index contributed by atoms with van der Waals surface area (Å²) >= 11 is 0. The number of amides is 1. The number of aliphatic hydroxyl groups is 1.